The fourth-order valence-electron chi connectivity index (χ4n) is 9.80. The number of aromatic nitrogens is 3. The van der Waals surface area contributed by atoms with Gasteiger partial charge in [-0.25, -0.2) is 15.2 Å². The minimum absolute atomic E-state index is 0.0848. The number of fused-ring (bicyclic) bond motifs is 6. The summed E-state index contributed by atoms with van der Waals surface area (Å²) in [6, 6.07) is 7.36. The maximum atomic E-state index is 14.6. The van der Waals surface area contributed by atoms with Crippen molar-refractivity contribution in [2.24, 2.45) is 17.3 Å². The van der Waals surface area contributed by atoms with E-state index in [2.05, 4.69) is 60.3 Å². The molecule has 2 N–H and O–H groups in total. The highest BCUT2D eigenvalue weighted by Gasteiger charge is 2.40. The van der Waals surface area contributed by atoms with Crippen molar-refractivity contribution >= 4 is 52.0 Å². The first-order chi connectivity index (χ1) is 31.6. The van der Waals surface area contributed by atoms with Gasteiger partial charge in [-0.1, -0.05) is 33.8 Å². The number of amides is 5. The molecular formula is C49H65N9O7S. The number of esters is 1. The Kier molecular flexibility index (Phi) is 13.9. The molecule has 0 radical (unpaired) electrons. The molecule has 4 aromatic rings. The summed E-state index contributed by atoms with van der Waals surface area (Å²) in [4.78, 5) is 84.5. The second-order valence-electron chi connectivity index (χ2n) is 19.4. The zero-order valence-corrected chi connectivity index (χ0v) is 40.4. The molecule has 16 nitrogen and oxygen atoms in total. The third kappa shape index (κ3) is 9.70. The van der Waals surface area contributed by atoms with Crippen LogP contribution in [0.1, 0.15) is 89.6 Å². The molecule has 66 heavy (non-hydrogen) atoms. The van der Waals surface area contributed by atoms with E-state index in [-0.39, 0.29) is 42.9 Å². The molecule has 0 spiro atoms. The summed E-state index contributed by atoms with van der Waals surface area (Å²) in [5, 5.41) is 8.15. The van der Waals surface area contributed by atoms with Gasteiger partial charge in [0.2, 0.25) is 11.8 Å². The van der Waals surface area contributed by atoms with Gasteiger partial charge in [-0.15, -0.1) is 11.3 Å². The van der Waals surface area contributed by atoms with Crippen LogP contribution in [0.5, 0.6) is 0 Å². The topological polar surface area (TPSA) is 172 Å². The van der Waals surface area contributed by atoms with E-state index in [0.29, 0.717) is 63.5 Å². The van der Waals surface area contributed by atoms with Crippen LogP contribution in [0.15, 0.2) is 41.9 Å². The number of benzene rings is 1. The molecule has 4 aliphatic rings. The van der Waals surface area contributed by atoms with E-state index in [1.54, 1.807) is 25.3 Å². The Bertz CT molecular complexity index is 2470. The number of nitrogens with zero attached hydrogens (tertiary/aromatic N) is 7. The Labute approximate surface area is 391 Å². The molecule has 3 fully saturated rings. The van der Waals surface area contributed by atoms with Gasteiger partial charge in [-0.2, -0.15) is 0 Å². The number of hydrogen-bond donors (Lipinski definition) is 2. The third-order valence-electron chi connectivity index (χ3n) is 13.6. The molecule has 354 valence electrons. The normalized spacial score (nSPS) is 21.3. The smallest absolute Gasteiger partial charge is 0.324 e. The number of aryl methyl sites for hydroxylation is 1. The van der Waals surface area contributed by atoms with Crippen molar-refractivity contribution in [3.05, 3.63) is 58.2 Å². The summed E-state index contributed by atoms with van der Waals surface area (Å²) in [6.45, 7) is 14.9. The van der Waals surface area contributed by atoms with Crippen LogP contribution in [-0.2, 0) is 48.0 Å². The third-order valence-corrected chi connectivity index (χ3v) is 14.4. The monoisotopic (exact) mass is 923 g/mol. The molecule has 3 aromatic heterocycles. The number of methoxy groups -OCH3 is 1. The lowest BCUT2D eigenvalue weighted by Gasteiger charge is -2.40. The summed E-state index contributed by atoms with van der Waals surface area (Å²) in [7, 11) is 3.30. The summed E-state index contributed by atoms with van der Waals surface area (Å²) >= 11 is 1.41. The molecule has 6 bridgehead atoms. The molecule has 5 amide bonds. The van der Waals surface area contributed by atoms with Gasteiger partial charge in [0.15, 0.2) is 0 Å². The molecule has 2 saturated heterocycles. The minimum atomic E-state index is -1.07. The van der Waals surface area contributed by atoms with E-state index >= 15 is 0 Å². The summed E-state index contributed by atoms with van der Waals surface area (Å²) in [6.07, 6.45) is 5.07. The number of piperazine rings is 1. The van der Waals surface area contributed by atoms with Crippen LogP contribution >= 0.6 is 11.3 Å². The van der Waals surface area contributed by atoms with Gasteiger partial charge in [0.05, 0.1) is 34.8 Å². The van der Waals surface area contributed by atoms with E-state index in [0.717, 1.165) is 57.5 Å². The number of carbonyl (C=O) groups excluding carboxylic acids is 5. The highest BCUT2D eigenvalue weighted by molar-refractivity contribution is 7.10. The van der Waals surface area contributed by atoms with Crippen molar-refractivity contribution in [2.45, 2.75) is 111 Å². The number of hydrazine groups is 1. The molecule has 1 unspecified atom stereocenters. The Morgan fingerprint density at radius 1 is 1.05 bits per heavy atom. The average Bonchev–Trinajstić information content (AvgIpc) is 3.99. The number of urea groups is 1. The highest BCUT2D eigenvalue weighted by atomic mass is 32.1. The number of thiazole rings is 1. The molecule has 8 rings (SSSR count). The Morgan fingerprint density at radius 3 is 2.48 bits per heavy atom. The van der Waals surface area contributed by atoms with Gasteiger partial charge in [-0.3, -0.25) is 29.2 Å². The molecule has 17 heteroatoms. The van der Waals surface area contributed by atoms with Gasteiger partial charge in [0.25, 0.3) is 5.91 Å². The first-order valence-electron chi connectivity index (χ1n) is 23.5. The van der Waals surface area contributed by atoms with Crippen LogP contribution < -0.4 is 10.7 Å². The summed E-state index contributed by atoms with van der Waals surface area (Å²) < 4.78 is 14.2. The van der Waals surface area contributed by atoms with Crippen LogP contribution in [-0.4, -0.2) is 136 Å². The van der Waals surface area contributed by atoms with E-state index in [4.69, 9.17) is 19.4 Å². The molecule has 4 atom stereocenters. The first kappa shape index (κ1) is 47.1. The second-order valence-corrected chi connectivity index (χ2v) is 20.4. The van der Waals surface area contributed by atoms with Gasteiger partial charge in [-0.05, 0) is 81.7 Å². The SMILES string of the molecule is CCn1c(-c2cccnc2[C@H](C)OC)c2c3cc(ccc31)-c1csc(n1)C[C@H](NC(=O)C(C(C)C)N(C)C(=O)N1CCN(C(=O)C3CC3)CC1)C(=O)N1CCC[C@H](N1)C(=O)OCC(C)(C)C2. The van der Waals surface area contributed by atoms with Crippen LogP contribution in [0.25, 0.3) is 33.4 Å². The Balaban J connectivity index is 1.13. The van der Waals surface area contributed by atoms with Crippen molar-refractivity contribution < 1.29 is 33.4 Å². The van der Waals surface area contributed by atoms with E-state index < -0.39 is 41.3 Å². The van der Waals surface area contributed by atoms with Gasteiger partial charge < -0.3 is 34.1 Å². The second kappa shape index (κ2) is 19.4. The van der Waals surface area contributed by atoms with Crippen molar-refractivity contribution in [1.29, 1.82) is 0 Å². The van der Waals surface area contributed by atoms with E-state index in [1.165, 1.54) is 21.2 Å². The molecule has 6 heterocycles. The Morgan fingerprint density at radius 2 is 1.79 bits per heavy atom. The number of nitrogens with one attached hydrogen (secondary N) is 2. The predicted molar refractivity (Wildman–Crippen MR) is 252 cm³/mol. The standard InChI is InChI=1S/C49H65N9O7S/c1-9-57-39-17-16-32-24-34(39)35(43(57)33-12-10-18-50-41(33)30(4)64-8)26-49(5,6)28-65-47(62)36-13-11-19-58(53-36)46(61)37(25-40-51-38(32)27-66-40)52-44(59)42(29(2)3)54(7)48(63)56-22-20-55(21-23-56)45(60)31-14-15-31/h10,12,16-18,24,27,29-31,36-37,42,53H,9,11,13-15,19-23,25-26,28H2,1-8H3,(H,52,59)/t30-,36-,37-,42?/m0/s1. The lowest BCUT2D eigenvalue weighted by atomic mass is 9.84. The van der Waals surface area contributed by atoms with Gasteiger partial charge >= 0.3 is 12.0 Å². The number of likely N-dealkylation sites (N-methyl/N-ethyl adjacent to an activating group) is 1. The fraction of sp³-hybridized carbons (Fsp3) is 0.571. The lowest BCUT2D eigenvalue weighted by Crippen LogP contribution is -2.63. The van der Waals surface area contributed by atoms with Crippen LogP contribution in [0.3, 0.4) is 0 Å². The number of ether oxygens (including phenoxy) is 2. The van der Waals surface area contributed by atoms with Gasteiger partial charge in [0, 0.05) is 105 Å². The number of carbonyl (C=O) groups is 5. The number of rotatable bonds is 9. The fourth-order valence-corrected chi connectivity index (χ4v) is 10.6. The molecule has 1 aliphatic carbocycles. The highest BCUT2D eigenvalue weighted by Crippen LogP contribution is 2.42. The van der Waals surface area contributed by atoms with E-state index in [9.17, 15) is 24.0 Å². The quantitative estimate of drug-likeness (QED) is 0.195. The number of cyclic esters (lactones) is 1. The summed E-state index contributed by atoms with van der Waals surface area (Å²) in [5.41, 5.74) is 9.30. The van der Waals surface area contributed by atoms with Crippen molar-refractivity contribution in [2.75, 3.05) is 53.5 Å². The van der Waals surface area contributed by atoms with Crippen LogP contribution in [0, 0.1) is 17.3 Å². The van der Waals surface area contributed by atoms with Crippen LogP contribution in [0.2, 0.25) is 0 Å². The first-order valence-corrected chi connectivity index (χ1v) is 24.4. The molecule has 1 saturated carbocycles. The molecule has 3 aliphatic heterocycles. The largest absolute Gasteiger partial charge is 0.464 e. The minimum Gasteiger partial charge on any atom is -0.464 e. The zero-order chi connectivity index (χ0) is 47.0. The van der Waals surface area contributed by atoms with Crippen molar-refractivity contribution in [1.82, 2.24) is 45.0 Å². The van der Waals surface area contributed by atoms with Crippen molar-refractivity contribution in [3.63, 3.8) is 0 Å². The van der Waals surface area contributed by atoms with Gasteiger partial charge in [0.1, 0.15) is 18.1 Å². The van der Waals surface area contributed by atoms with Crippen LogP contribution in [0.4, 0.5) is 4.79 Å². The predicted octanol–water partition coefficient (Wildman–Crippen LogP) is 5.83. The maximum Gasteiger partial charge on any atom is 0.324 e. The summed E-state index contributed by atoms with van der Waals surface area (Å²) in [5.74, 6) is -1.37. The molecule has 1 aromatic carbocycles. The lowest BCUT2D eigenvalue weighted by molar-refractivity contribution is -0.155. The number of pyridine rings is 1. The van der Waals surface area contributed by atoms with E-state index in [1.807, 2.05) is 37.1 Å². The average molecular weight is 924 g/mol. The zero-order valence-electron chi connectivity index (χ0n) is 39.6. The maximum absolute atomic E-state index is 14.6. The molecular weight excluding hydrogens is 859 g/mol. The van der Waals surface area contributed by atoms with Crippen molar-refractivity contribution in [3.8, 4) is 22.5 Å². The number of hydrogen-bond acceptors (Lipinski definition) is 11. The Hall–Kier alpha value is -5.39.